The Balaban J connectivity index is 2.03. The fraction of sp³-hybridized carbons (Fsp3) is 0.462. The van der Waals surface area contributed by atoms with Crippen LogP contribution in [-0.2, 0) is 11.3 Å². The molecular formula is C13H18N4O2. The molecule has 0 fully saturated rings. The molecule has 2 rings (SSSR count). The molecule has 0 aliphatic heterocycles. The molecule has 0 spiro atoms. The average Bonchev–Trinajstić information content (AvgIpc) is 2.66. The first-order chi connectivity index (χ1) is 9.08. The summed E-state index contributed by atoms with van der Waals surface area (Å²) in [5.41, 5.74) is 0.247. The Morgan fingerprint density at radius 2 is 2.21 bits per heavy atom. The number of nitrogens with one attached hydrogen (secondary N) is 1. The summed E-state index contributed by atoms with van der Waals surface area (Å²) in [6.07, 6.45) is 2.56. The van der Waals surface area contributed by atoms with Crippen LogP contribution in [0.3, 0.4) is 0 Å². The molecule has 0 saturated carbocycles. The van der Waals surface area contributed by atoms with Crippen molar-refractivity contribution >= 4 is 11.6 Å². The van der Waals surface area contributed by atoms with Crippen molar-refractivity contribution < 1.29 is 4.79 Å². The molecule has 0 aliphatic carbocycles. The van der Waals surface area contributed by atoms with Crippen LogP contribution >= 0.6 is 0 Å². The molecule has 6 nitrogen and oxygen atoms in total. The Labute approximate surface area is 111 Å². The lowest BCUT2D eigenvalue weighted by molar-refractivity contribution is -0.121. The average molecular weight is 262 g/mol. The largest absolute Gasteiger partial charge is 0.354 e. The third-order valence-corrected chi connectivity index (χ3v) is 2.83. The summed E-state index contributed by atoms with van der Waals surface area (Å²) in [6, 6.07) is 5.28. The van der Waals surface area contributed by atoms with Crippen LogP contribution in [0.2, 0.25) is 0 Å². The standard InChI is InChI=1S/C13H18N4O2/c1-10(2)6-7-14-12(18)9-17-13(19)16-8-4-3-5-11(16)15-17/h3-5,8,10H,6-7,9H2,1-2H3,(H,14,18). The van der Waals surface area contributed by atoms with Crippen molar-refractivity contribution in [2.75, 3.05) is 6.54 Å². The zero-order valence-corrected chi connectivity index (χ0v) is 11.2. The zero-order chi connectivity index (χ0) is 13.8. The van der Waals surface area contributed by atoms with Crippen LogP contribution in [0.1, 0.15) is 20.3 Å². The zero-order valence-electron chi connectivity index (χ0n) is 11.2. The second kappa shape index (κ2) is 5.69. The molecule has 0 aromatic carbocycles. The van der Waals surface area contributed by atoms with Gasteiger partial charge >= 0.3 is 5.69 Å². The molecule has 102 valence electrons. The van der Waals surface area contributed by atoms with Gasteiger partial charge in [0.25, 0.3) is 0 Å². The van der Waals surface area contributed by atoms with Crippen molar-refractivity contribution in [3.8, 4) is 0 Å². The van der Waals surface area contributed by atoms with E-state index in [1.165, 1.54) is 9.08 Å². The van der Waals surface area contributed by atoms with Crippen LogP contribution in [-0.4, -0.2) is 26.6 Å². The summed E-state index contributed by atoms with van der Waals surface area (Å²) in [7, 11) is 0. The predicted molar refractivity (Wildman–Crippen MR) is 71.9 cm³/mol. The van der Waals surface area contributed by atoms with Gasteiger partial charge < -0.3 is 5.32 Å². The first-order valence-corrected chi connectivity index (χ1v) is 6.39. The van der Waals surface area contributed by atoms with Crippen LogP contribution in [0.15, 0.2) is 29.2 Å². The maximum Gasteiger partial charge on any atom is 0.350 e. The molecule has 0 radical (unpaired) electrons. The number of fused-ring (bicyclic) bond motifs is 1. The maximum absolute atomic E-state index is 11.9. The van der Waals surface area contributed by atoms with Gasteiger partial charge in [-0.05, 0) is 24.5 Å². The summed E-state index contributed by atoms with van der Waals surface area (Å²) in [5, 5.41) is 6.89. The van der Waals surface area contributed by atoms with Gasteiger partial charge in [-0.25, -0.2) is 9.48 Å². The number of nitrogens with zero attached hydrogens (tertiary/aromatic N) is 3. The molecule has 2 heterocycles. The van der Waals surface area contributed by atoms with E-state index in [9.17, 15) is 9.59 Å². The van der Waals surface area contributed by atoms with Crippen LogP contribution in [0.25, 0.3) is 5.65 Å². The predicted octanol–water partition coefficient (Wildman–Crippen LogP) is 0.658. The minimum atomic E-state index is -0.297. The minimum Gasteiger partial charge on any atom is -0.354 e. The van der Waals surface area contributed by atoms with Crippen LogP contribution in [0.5, 0.6) is 0 Å². The fourth-order valence-electron chi connectivity index (χ4n) is 1.76. The molecule has 19 heavy (non-hydrogen) atoms. The first-order valence-electron chi connectivity index (χ1n) is 6.39. The summed E-state index contributed by atoms with van der Waals surface area (Å²) in [5.74, 6) is 0.351. The normalized spacial score (nSPS) is 11.1. The highest BCUT2D eigenvalue weighted by atomic mass is 16.2. The fourth-order valence-corrected chi connectivity index (χ4v) is 1.76. The first kappa shape index (κ1) is 13.3. The van der Waals surface area contributed by atoms with E-state index in [4.69, 9.17) is 0 Å². The summed E-state index contributed by atoms with van der Waals surface area (Å²) >= 11 is 0. The van der Waals surface area contributed by atoms with Crippen LogP contribution in [0.4, 0.5) is 0 Å². The van der Waals surface area contributed by atoms with Crippen LogP contribution in [0, 0.1) is 5.92 Å². The molecule has 0 aliphatic rings. The highest BCUT2D eigenvalue weighted by molar-refractivity contribution is 5.75. The van der Waals surface area contributed by atoms with Crippen molar-refractivity contribution in [2.45, 2.75) is 26.8 Å². The van der Waals surface area contributed by atoms with E-state index in [1.54, 1.807) is 24.4 Å². The third-order valence-electron chi connectivity index (χ3n) is 2.83. The quantitative estimate of drug-likeness (QED) is 0.860. The molecule has 0 atom stereocenters. The number of carbonyl (C=O) groups is 1. The van der Waals surface area contributed by atoms with Crippen molar-refractivity contribution in [3.63, 3.8) is 0 Å². The minimum absolute atomic E-state index is 0.0430. The maximum atomic E-state index is 11.9. The number of aromatic nitrogens is 3. The molecule has 1 N–H and O–H groups in total. The monoisotopic (exact) mass is 262 g/mol. The number of hydrogen-bond donors (Lipinski definition) is 1. The second-order valence-electron chi connectivity index (χ2n) is 4.90. The highest BCUT2D eigenvalue weighted by Gasteiger charge is 2.09. The van der Waals surface area contributed by atoms with Crippen molar-refractivity contribution in [1.82, 2.24) is 19.5 Å². The van der Waals surface area contributed by atoms with E-state index in [0.29, 0.717) is 18.1 Å². The Morgan fingerprint density at radius 3 is 2.89 bits per heavy atom. The molecule has 0 bridgehead atoms. The molecule has 2 aromatic rings. The lowest BCUT2D eigenvalue weighted by atomic mass is 10.1. The van der Waals surface area contributed by atoms with Gasteiger partial charge in [-0.3, -0.25) is 9.20 Å². The van der Waals surface area contributed by atoms with E-state index >= 15 is 0 Å². The third kappa shape index (κ3) is 3.21. The number of pyridine rings is 1. The molecule has 1 amide bonds. The van der Waals surface area contributed by atoms with Gasteiger partial charge in [0.1, 0.15) is 6.54 Å². The second-order valence-corrected chi connectivity index (χ2v) is 4.90. The Morgan fingerprint density at radius 1 is 1.42 bits per heavy atom. The molecular weight excluding hydrogens is 244 g/mol. The van der Waals surface area contributed by atoms with Gasteiger partial charge in [0.15, 0.2) is 5.65 Å². The Kier molecular flexibility index (Phi) is 3.99. The summed E-state index contributed by atoms with van der Waals surface area (Å²) in [6.45, 7) is 4.77. The lowest BCUT2D eigenvalue weighted by Gasteiger charge is -2.06. The number of carbonyl (C=O) groups excluding carboxylic acids is 1. The lowest BCUT2D eigenvalue weighted by Crippen LogP contribution is -2.33. The van der Waals surface area contributed by atoms with E-state index in [-0.39, 0.29) is 18.1 Å². The number of rotatable bonds is 5. The van der Waals surface area contributed by atoms with Gasteiger partial charge in [-0.1, -0.05) is 19.9 Å². The topological polar surface area (TPSA) is 68.4 Å². The Hall–Kier alpha value is -2.11. The van der Waals surface area contributed by atoms with Gasteiger partial charge in [0.2, 0.25) is 5.91 Å². The van der Waals surface area contributed by atoms with Gasteiger partial charge in [0, 0.05) is 12.7 Å². The Bertz CT molecular complexity index is 627. The van der Waals surface area contributed by atoms with E-state index in [0.717, 1.165) is 6.42 Å². The van der Waals surface area contributed by atoms with Crippen molar-refractivity contribution in [2.24, 2.45) is 5.92 Å². The van der Waals surface area contributed by atoms with E-state index in [1.807, 2.05) is 0 Å². The SMILES string of the molecule is CC(C)CCNC(=O)Cn1nc2ccccn2c1=O. The molecule has 0 unspecified atom stereocenters. The van der Waals surface area contributed by atoms with Crippen molar-refractivity contribution in [3.05, 3.63) is 34.9 Å². The van der Waals surface area contributed by atoms with Gasteiger partial charge in [0.05, 0.1) is 0 Å². The smallest absolute Gasteiger partial charge is 0.350 e. The van der Waals surface area contributed by atoms with E-state index in [2.05, 4.69) is 24.3 Å². The van der Waals surface area contributed by atoms with Gasteiger partial charge in [-0.15, -0.1) is 5.10 Å². The van der Waals surface area contributed by atoms with E-state index < -0.39 is 0 Å². The molecule has 6 heteroatoms. The highest BCUT2D eigenvalue weighted by Crippen LogP contribution is 1.97. The number of hydrogen-bond acceptors (Lipinski definition) is 3. The summed E-state index contributed by atoms with van der Waals surface area (Å²) < 4.78 is 2.60. The van der Waals surface area contributed by atoms with Crippen molar-refractivity contribution in [1.29, 1.82) is 0 Å². The summed E-state index contributed by atoms with van der Waals surface area (Å²) in [4.78, 5) is 23.6. The van der Waals surface area contributed by atoms with Crippen LogP contribution < -0.4 is 11.0 Å². The van der Waals surface area contributed by atoms with Gasteiger partial charge in [-0.2, -0.15) is 0 Å². The number of amides is 1. The molecule has 2 aromatic heterocycles. The molecule has 0 saturated heterocycles.